The number of anilines is 1. The van der Waals surface area contributed by atoms with Gasteiger partial charge in [0.2, 0.25) is 5.91 Å². The van der Waals surface area contributed by atoms with Crippen molar-refractivity contribution in [3.05, 3.63) is 45.6 Å². The molecule has 1 aromatic carbocycles. The van der Waals surface area contributed by atoms with Crippen molar-refractivity contribution >= 4 is 46.3 Å². The van der Waals surface area contributed by atoms with E-state index >= 15 is 0 Å². The molecule has 2 heterocycles. The number of hydrogen-bond donors (Lipinski definition) is 1. The molecule has 8 heteroatoms. The molecule has 0 aliphatic rings. The number of nitrogens with one attached hydrogen (secondary N) is 1. The smallest absolute Gasteiger partial charge is 0.234 e. The maximum Gasteiger partial charge on any atom is 0.234 e. The molecule has 0 bridgehead atoms. The predicted octanol–water partition coefficient (Wildman–Crippen LogP) is 4.88. The fourth-order valence-corrected chi connectivity index (χ4v) is 4.33. The van der Waals surface area contributed by atoms with Crippen LogP contribution < -0.4 is 5.32 Å². The number of aromatic nitrogens is 3. The number of thioether (sulfide) groups is 1. The van der Waals surface area contributed by atoms with E-state index in [2.05, 4.69) is 33.9 Å². The third-order valence-electron chi connectivity index (χ3n) is 3.68. The number of amides is 1. The Kier molecular flexibility index (Phi) is 6.34. The van der Waals surface area contributed by atoms with E-state index in [0.29, 0.717) is 15.9 Å². The molecule has 0 aliphatic heterocycles. The molecule has 26 heavy (non-hydrogen) atoms. The van der Waals surface area contributed by atoms with Crippen LogP contribution in [0.3, 0.4) is 0 Å². The molecular weight excluding hydrogens is 388 g/mol. The van der Waals surface area contributed by atoms with Crippen LogP contribution in [-0.4, -0.2) is 26.4 Å². The van der Waals surface area contributed by atoms with Gasteiger partial charge in [0.25, 0.3) is 0 Å². The summed E-state index contributed by atoms with van der Waals surface area (Å²) >= 11 is 9.03. The van der Waals surface area contributed by atoms with Crippen LogP contribution in [0.2, 0.25) is 5.02 Å². The Morgan fingerprint density at radius 1 is 1.35 bits per heavy atom. The van der Waals surface area contributed by atoms with E-state index in [0.717, 1.165) is 24.2 Å². The average Bonchev–Trinajstić information content (AvgIpc) is 3.20. The van der Waals surface area contributed by atoms with Crippen LogP contribution in [0, 0.1) is 0 Å². The first kappa shape index (κ1) is 18.9. The normalized spacial score (nSPS) is 10.9. The van der Waals surface area contributed by atoms with Crippen molar-refractivity contribution in [1.29, 1.82) is 0 Å². The zero-order valence-electron chi connectivity index (χ0n) is 14.5. The lowest BCUT2D eigenvalue weighted by Crippen LogP contribution is -2.14. The summed E-state index contributed by atoms with van der Waals surface area (Å²) in [6, 6.07) is 9.25. The maximum absolute atomic E-state index is 12.1. The van der Waals surface area contributed by atoms with Crippen LogP contribution in [0.1, 0.15) is 18.2 Å². The molecule has 5 nitrogen and oxygen atoms in total. The van der Waals surface area contributed by atoms with E-state index in [4.69, 9.17) is 11.6 Å². The van der Waals surface area contributed by atoms with Crippen molar-refractivity contribution in [2.75, 3.05) is 11.1 Å². The maximum atomic E-state index is 12.1. The van der Waals surface area contributed by atoms with E-state index in [-0.39, 0.29) is 11.7 Å². The summed E-state index contributed by atoms with van der Waals surface area (Å²) < 4.78 is 1.93. The number of aryl methyl sites for hydroxylation is 1. The number of rotatable bonds is 7. The molecule has 0 saturated carbocycles. The molecular formula is C18H19ClN4OS2. The summed E-state index contributed by atoms with van der Waals surface area (Å²) in [4.78, 5) is 13.5. The van der Waals surface area contributed by atoms with Gasteiger partial charge in [-0.1, -0.05) is 42.8 Å². The third-order valence-corrected chi connectivity index (χ3v) is 5.94. The highest BCUT2D eigenvalue weighted by atomic mass is 35.5. The summed E-state index contributed by atoms with van der Waals surface area (Å²) in [5.74, 6) is 0.965. The number of thiophene rings is 1. The topological polar surface area (TPSA) is 59.8 Å². The molecule has 0 saturated heterocycles. The second-order valence-corrected chi connectivity index (χ2v) is 8.14. The molecule has 3 rings (SSSR count). The average molecular weight is 407 g/mol. The van der Waals surface area contributed by atoms with Gasteiger partial charge in [-0.3, -0.25) is 4.79 Å². The van der Waals surface area contributed by atoms with Gasteiger partial charge in [0.05, 0.1) is 5.75 Å². The van der Waals surface area contributed by atoms with Gasteiger partial charge in [-0.15, -0.1) is 21.5 Å². The van der Waals surface area contributed by atoms with E-state index in [9.17, 15) is 4.79 Å². The molecule has 2 aromatic heterocycles. The first-order valence-electron chi connectivity index (χ1n) is 8.22. The van der Waals surface area contributed by atoms with Crippen molar-refractivity contribution in [3.8, 4) is 11.4 Å². The Labute approximate surface area is 165 Å². The highest BCUT2D eigenvalue weighted by Gasteiger charge is 2.14. The lowest BCUT2D eigenvalue weighted by molar-refractivity contribution is -0.113. The van der Waals surface area contributed by atoms with Gasteiger partial charge in [0.15, 0.2) is 11.0 Å². The summed E-state index contributed by atoms with van der Waals surface area (Å²) in [5.41, 5.74) is 1.76. The second kappa shape index (κ2) is 8.70. The Bertz CT molecular complexity index is 906. The van der Waals surface area contributed by atoms with Gasteiger partial charge in [-0.05, 0) is 30.7 Å². The van der Waals surface area contributed by atoms with Gasteiger partial charge in [-0.25, -0.2) is 0 Å². The van der Waals surface area contributed by atoms with Crippen LogP contribution in [0.25, 0.3) is 11.4 Å². The number of hydrogen-bond acceptors (Lipinski definition) is 5. The molecule has 0 aliphatic carbocycles. The van der Waals surface area contributed by atoms with Crippen molar-refractivity contribution in [2.45, 2.75) is 24.9 Å². The minimum absolute atomic E-state index is 0.109. The van der Waals surface area contributed by atoms with Crippen LogP contribution >= 0.6 is 34.7 Å². The zero-order chi connectivity index (χ0) is 18.5. The van der Waals surface area contributed by atoms with E-state index in [1.54, 1.807) is 35.6 Å². The standard InChI is InChI=1S/C18H19ClN4OS2/c1-3-5-15-8-12(10-25-15)17-21-22-18(23(17)2)26-11-16(24)20-14-7-4-6-13(19)9-14/h4,6-10H,3,5,11H2,1-2H3,(H,20,24). The second-order valence-electron chi connectivity index (χ2n) is 5.76. The Balaban J connectivity index is 1.62. The molecule has 0 unspecified atom stereocenters. The number of carbonyl (C=O) groups is 1. The van der Waals surface area contributed by atoms with Gasteiger partial charge in [0, 0.05) is 33.6 Å². The minimum Gasteiger partial charge on any atom is -0.325 e. The molecule has 0 atom stereocenters. The highest BCUT2D eigenvalue weighted by Crippen LogP contribution is 2.27. The Hall–Kier alpha value is -1.83. The van der Waals surface area contributed by atoms with Crippen molar-refractivity contribution in [3.63, 3.8) is 0 Å². The number of nitrogens with zero attached hydrogens (tertiary/aromatic N) is 3. The first-order chi connectivity index (χ1) is 12.6. The first-order valence-corrected chi connectivity index (χ1v) is 10.5. The fourth-order valence-electron chi connectivity index (χ4n) is 2.46. The van der Waals surface area contributed by atoms with Crippen LogP contribution in [0.4, 0.5) is 5.69 Å². The monoisotopic (exact) mass is 406 g/mol. The molecule has 1 N–H and O–H groups in total. The van der Waals surface area contributed by atoms with Gasteiger partial charge < -0.3 is 9.88 Å². The summed E-state index contributed by atoms with van der Waals surface area (Å²) in [5, 5.41) is 14.7. The van der Waals surface area contributed by atoms with Crippen molar-refractivity contribution < 1.29 is 4.79 Å². The van der Waals surface area contributed by atoms with Crippen molar-refractivity contribution in [2.24, 2.45) is 7.05 Å². The molecule has 0 spiro atoms. The number of halogens is 1. The fraction of sp³-hybridized carbons (Fsp3) is 0.278. The number of carbonyl (C=O) groups excluding carboxylic acids is 1. The van der Waals surface area contributed by atoms with E-state index in [1.165, 1.54) is 16.6 Å². The van der Waals surface area contributed by atoms with E-state index in [1.807, 2.05) is 11.6 Å². The third kappa shape index (κ3) is 4.66. The summed E-state index contributed by atoms with van der Waals surface area (Å²) in [7, 11) is 1.92. The number of benzene rings is 1. The highest BCUT2D eigenvalue weighted by molar-refractivity contribution is 7.99. The lowest BCUT2D eigenvalue weighted by atomic mass is 10.2. The lowest BCUT2D eigenvalue weighted by Gasteiger charge is -2.05. The quantitative estimate of drug-likeness (QED) is 0.568. The summed E-state index contributed by atoms with van der Waals surface area (Å²) in [6.07, 6.45) is 2.20. The SMILES string of the molecule is CCCc1cc(-c2nnc(SCC(=O)Nc3cccc(Cl)c3)n2C)cs1. The minimum atomic E-state index is -0.109. The Morgan fingerprint density at radius 2 is 2.19 bits per heavy atom. The molecule has 3 aromatic rings. The van der Waals surface area contributed by atoms with Gasteiger partial charge in [0.1, 0.15) is 0 Å². The molecule has 136 valence electrons. The van der Waals surface area contributed by atoms with Gasteiger partial charge in [-0.2, -0.15) is 0 Å². The zero-order valence-corrected chi connectivity index (χ0v) is 16.9. The van der Waals surface area contributed by atoms with Crippen molar-refractivity contribution in [1.82, 2.24) is 14.8 Å². The predicted molar refractivity (Wildman–Crippen MR) is 109 cm³/mol. The molecule has 1 amide bonds. The summed E-state index contributed by atoms with van der Waals surface area (Å²) in [6.45, 7) is 2.17. The molecule has 0 fully saturated rings. The Morgan fingerprint density at radius 3 is 2.96 bits per heavy atom. The van der Waals surface area contributed by atoms with Gasteiger partial charge >= 0.3 is 0 Å². The van der Waals surface area contributed by atoms with E-state index < -0.39 is 0 Å². The molecule has 0 radical (unpaired) electrons. The van der Waals surface area contributed by atoms with Crippen LogP contribution in [0.15, 0.2) is 40.9 Å². The van der Waals surface area contributed by atoms with Crippen LogP contribution in [0.5, 0.6) is 0 Å². The largest absolute Gasteiger partial charge is 0.325 e. The van der Waals surface area contributed by atoms with Crippen LogP contribution in [-0.2, 0) is 18.3 Å².